The summed E-state index contributed by atoms with van der Waals surface area (Å²) in [7, 11) is 0. The Kier molecular flexibility index (Phi) is 5.42. The number of carbonyl (C=O) groups excluding carboxylic acids is 3. The fourth-order valence-electron chi connectivity index (χ4n) is 3.36. The van der Waals surface area contributed by atoms with E-state index >= 15 is 0 Å². The third-order valence-corrected chi connectivity index (χ3v) is 5.48. The van der Waals surface area contributed by atoms with Gasteiger partial charge in [-0.1, -0.05) is 42.8 Å². The molecule has 0 aliphatic carbocycles. The van der Waals surface area contributed by atoms with Crippen LogP contribution in [0.4, 0.5) is 10.5 Å². The van der Waals surface area contributed by atoms with Gasteiger partial charge in [0.1, 0.15) is 12.1 Å². The van der Waals surface area contributed by atoms with Gasteiger partial charge >= 0.3 is 6.03 Å². The van der Waals surface area contributed by atoms with Crippen LogP contribution < -0.4 is 10.6 Å². The Morgan fingerprint density at radius 1 is 1.14 bits per heavy atom. The normalized spacial score (nSPS) is 18.9. The summed E-state index contributed by atoms with van der Waals surface area (Å²) in [5.41, 5.74) is 2.09. The highest BCUT2D eigenvalue weighted by Crippen LogP contribution is 2.33. The predicted octanol–water partition coefficient (Wildman–Crippen LogP) is 3.75. The Morgan fingerprint density at radius 2 is 1.82 bits per heavy atom. The van der Waals surface area contributed by atoms with Gasteiger partial charge in [-0.05, 0) is 55.2 Å². The minimum atomic E-state index is -1.19. The minimum absolute atomic E-state index is 0.354. The molecule has 1 aliphatic heterocycles. The van der Waals surface area contributed by atoms with Crippen molar-refractivity contribution in [2.45, 2.75) is 32.7 Å². The number of anilines is 1. The summed E-state index contributed by atoms with van der Waals surface area (Å²) in [6.45, 7) is 5.31. The van der Waals surface area contributed by atoms with Gasteiger partial charge in [0.05, 0.1) is 0 Å². The zero-order valence-electron chi connectivity index (χ0n) is 16.0. The van der Waals surface area contributed by atoms with E-state index in [-0.39, 0.29) is 6.54 Å². The maximum atomic E-state index is 13.1. The lowest BCUT2D eigenvalue weighted by Gasteiger charge is -2.25. The van der Waals surface area contributed by atoms with E-state index < -0.39 is 23.4 Å². The van der Waals surface area contributed by atoms with Crippen LogP contribution in [-0.4, -0.2) is 29.3 Å². The molecule has 1 saturated heterocycles. The molecule has 0 saturated carbocycles. The van der Waals surface area contributed by atoms with Crippen molar-refractivity contribution in [3.63, 3.8) is 0 Å². The van der Waals surface area contributed by atoms with Crippen LogP contribution in [0.5, 0.6) is 0 Å². The van der Waals surface area contributed by atoms with E-state index in [9.17, 15) is 14.4 Å². The molecule has 1 heterocycles. The van der Waals surface area contributed by atoms with Crippen LogP contribution in [0.1, 0.15) is 30.0 Å². The van der Waals surface area contributed by atoms with Crippen molar-refractivity contribution in [2.24, 2.45) is 0 Å². The number of nitrogens with one attached hydrogen (secondary N) is 2. The summed E-state index contributed by atoms with van der Waals surface area (Å²) in [6, 6.07) is 11.8. The van der Waals surface area contributed by atoms with Crippen LogP contribution >= 0.6 is 11.6 Å². The first-order valence-electron chi connectivity index (χ1n) is 9.04. The van der Waals surface area contributed by atoms with E-state index in [1.165, 1.54) is 0 Å². The third-order valence-electron chi connectivity index (χ3n) is 5.22. The van der Waals surface area contributed by atoms with Crippen LogP contribution in [0, 0.1) is 13.8 Å². The molecular weight excluding hydrogens is 378 g/mol. The maximum Gasteiger partial charge on any atom is 0.325 e. The molecule has 2 aromatic rings. The Labute approximate surface area is 168 Å². The van der Waals surface area contributed by atoms with E-state index in [0.29, 0.717) is 22.7 Å². The highest BCUT2D eigenvalue weighted by Gasteiger charge is 2.51. The van der Waals surface area contributed by atoms with E-state index in [1.54, 1.807) is 30.3 Å². The molecule has 0 radical (unpaired) electrons. The molecular formula is C21H22ClN3O3. The summed E-state index contributed by atoms with van der Waals surface area (Å²) >= 11 is 5.93. The van der Waals surface area contributed by atoms with Crippen molar-refractivity contribution in [1.82, 2.24) is 10.2 Å². The fourth-order valence-corrected chi connectivity index (χ4v) is 3.49. The van der Waals surface area contributed by atoms with E-state index in [0.717, 1.165) is 16.0 Å². The highest BCUT2D eigenvalue weighted by atomic mass is 35.5. The first-order valence-corrected chi connectivity index (χ1v) is 9.42. The van der Waals surface area contributed by atoms with Crippen LogP contribution in [-0.2, 0) is 15.1 Å². The van der Waals surface area contributed by atoms with Gasteiger partial charge in [0, 0.05) is 10.7 Å². The number of hydrogen-bond donors (Lipinski definition) is 2. The predicted molar refractivity (Wildman–Crippen MR) is 108 cm³/mol. The Morgan fingerprint density at radius 3 is 2.46 bits per heavy atom. The third kappa shape index (κ3) is 3.47. The molecule has 0 spiro atoms. The summed E-state index contributed by atoms with van der Waals surface area (Å²) in [6.07, 6.45) is 0.355. The molecule has 1 aliphatic rings. The summed E-state index contributed by atoms with van der Waals surface area (Å²) in [5.74, 6) is -0.876. The second kappa shape index (κ2) is 7.64. The molecule has 2 N–H and O–H groups in total. The second-order valence-corrected chi connectivity index (χ2v) is 7.32. The molecule has 0 unspecified atom stereocenters. The van der Waals surface area contributed by atoms with Crippen LogP contribution in [0.15, 0.2) is 42.5 Å². The number of aryl methyl sites for hydroxylation is 1. The molecule has 0 aromatic heterocycles. The summed E-state index contributed by atoms with van der Waals surface area (Å²) < 4.78 is 0. The number of halogens is 1. The van der Waals surface area contributed by atoms with E-state index in [2.05, 4.69) is 10.6 Å². The van der Waals surface area contributed by atoms with Crippen molar-refractivity contribution in [2.75, 3.05) is 11.9 Å². The number of carbonyl (C=O) groups is 3. The lowest BCUT2D eigenvalue weighted by atomic mass is 9.87. The average Bonchev–Trinajstić information content (AvgIpc) is 2.91. The van der Waals surface area contributed by atoms with Gasteiger partial charge in [0.25, 0.3) is 5.91 Å². The van der Waals surface area contributed by atoms with E-state index in [1.807, 2.05) is 32.9 Å². The smallest absolute Gasteiger partial charge is 0.324 e. The molecule has 4 amide bonds. The minimum Gasteiger partial charge on any atom is -0.324 e. The van der Waals surface area contributed by atoms with Gasteiger partial charge in [0.2, 0.25) is 5.91 Å². The number of imide groups is 1. The fraction of sp³-hybridized carbons (Fsp3) is 0.286. The van der Waals surface area contributed by atoms with Gasteiger partial charge in [-0.3, -0.25) is 14.5 Å². The first-order chi connectivity index (χ1) is 13.3. The Hall–Kier alpha value is -2.86. The summed E-state index contributed by atoms with van der Waals surface area (Å²) in [5, 5.41) is 6.08. The zero-order chi connectivity index (χ0) is 20.5. The largest absolute Gasteiger partial charge is 0.325 e. The Balaban J connectivity index is 1.80. The van der Waals surface area contributed by atoms with Crippen LogP contribution in [0.3, 0.4) is 0 Å². The standard InChI is InChI=1S/C21H22ClN3O3/c1-4-21(15-8-10-16(22)11-9-15)19(27)25(20(28)24-21)12-18(26)23-17-7-5-6-13(2)14(17)3/h5-11H,4,12H2,1-3H3,(H,23,26)(H,24,28)/t21-/m0/s1. The number of nitrogens with zero attached hydrogens (tertiary/aromatic N) is 1. The van der Waals surface area contributed by atoms with Gasteiger partial charge in [-0.15, -0.1) is 0 Å². The van der Waals surface area contributed by atoms with Crippen molar-refractivity contribution in [3.05, 3.63) is 64.2 Å². The van der Waals surface area contributed by atoms with Gasteiger partial charge in [-0.2, -0.15) is 0 Å². The SMILES string of the molecule is CC[C@@]1(c2ccc(Cl)cc2)NC(=O)N(CC(=O)Nc2cccc(C)c2C)C1=O. The Bertz CT molecular complexity index is 942. The molecule has 1 fully saturated rings. The molecule has 3 rings (SSSR count). The zero-order valence-corrected chi connectivity index (χ0v) is 16.8. The van der Waals surface area contributed by atoms with E-state index in [4.69, 9.17) is 11.6 Å². The molecule has 146 valence electrons. The molecule has 0 bridgehead atoms. The highest BCUT2D eigenvalue weighted by molar-refractivity contribution is 6.30. The number of rotatable bonds is 5. The first kappa shape index (κ1) is 19.9. The van der Waals surface area contributed by atoms with Gasteiger partial charge in [-0.25, -0.2) is 4.79 Å². The van der Waals surface area contributed by atoms with Gasteiger partial charge < -0.3 is 10.6 Å². The molecule has 7 heteroatoms. The molecule has 6 nitrogen and oxygen atoms in total. The topological polar surface area (TPSA) is 78.5 Å². The van der Waals surface area contributed by atoms with Crippen molar-refractivity contribution >= 4 is 35.1 Å². The monoisotopic (exact) mass is 399 g/mol. The molecule has 28 heavy (non-hydrogen) atoms. The number of urea groups is 1. The number of amides is 4. The van der Waals surface area contributed by atoms with Crippen LogP contribution in [0.2, 0.25) is 5.02 Å². The number of benzene rings is 2. The maximum absolute atomic E-state index is 13.1. The van der Waals surface area contributed by atoms with Crippen LogP contribution in [0.25, 0.3) is 0 Å². The van der Waals surface area contributed by atoms with Crippen molar-refractivity contribution in [1.29, 1.82) is 0 Å². The average molecular weight is 400 g/mol. The van der Waals surface area contributed by atoms with Crippen molar-refractivity contribution in [3.8, 4) is 0 Å². The lowest BCUT2D eigenvalue weighted by Crippen LogP contribution is -2.44. The van der Waals surface area contributed by atoms with Crippen molar-refractivity contribution < 1.29 is 14.4 Å². The number of hydrogen-bond acceptors (Lipinski definition) is 3. The molecule has 2 aromatic carbocycles. The summed E-state index contributed by atoms with van der Waals surface area (Å²) in [4.78, 5) is 39.0. The van der Waals surface area contributed by atoms with Gasteiger partial charge in [0.15, 0.2) is 0 Å². The lowest BCUT2D eigenvalue weighted by molar-refractivity contribution is -0.134. The molecule has 1 atom stereocenters. The second-order valence-electron chi connectivity index (χ2n) is 6.88. The quantitative estimate of drug-likeness (QED) is 0.751.